The zero-order valence-corrected chi connectivity index (χ0v) is 20.9. The van der Waals surface area contributed by atoms with Crippen LogP contribution in [0.1, 0.15) is 21.6 Å². The molecule has 0 N–H and O–H groups in total. The molecule has 184 valence electrons. The molecule has 0 atom stereocenters. The van der Waals surface area contributed by atoms with Gasteiger partial charge in [-0.05, 0) is 73.5 Å². The van der Waals surface area contributed by atoms with Gasteiger partial charge in [0.15, 0.2) is 0 Å². The number of ether oxygens (including phenoxy) is 1. The third kappa shape index (κ3) is 4.35. The Morgan fingerprint density at radius 1 is 0.833 bits per heavy atom. The average Bonchev–Trinajstić information content (AvgIpc) is 3.25. The summed E-state index contributed by atoms with van der Waals surface area (Å²) in [5.74, 6) is 0.376. The van der Waals surface area contributed by atoms with Gasteiger partial charge < -0.3 is 19.1 Å². The molecule has 3 aromatic carbocycles. The van der Waals surface area contributed by atoms with E-state index in [1.165, 1.54) is 17.3 Å². The van der Waals surface area contributed by atoms with Gasteiger partial charge >= 0.3 is 0 Å². The molecule has 1 aliphatic heterocycles. The summed E-state index contributed by atoms with van der Waals surface area (Å²) in [6.45, 7) is 6.81. The Balaban J connectivity index is 1.48. The number of benzene rings is 3. The van der Waals surface area contributed by atoms with Crippen LogP contribution in [0.3, 0.4) is 0 Å². The predicted molar refractivity (Wildman–Crippen MR) is 142 cm³/mol. The number of para-hydroxylation sites is 2. The SMILES string of the molecule is COc1ccc(-c2cc(C(=O)N3CCN(c4ccccc4C)CC3)c(C)n2-c2ccccc2F)cc1. The molecule has 1 saturated heterocycles. The summed E-state index contributed by atoms with van der Waals surface area (Å²) in [5, 5.41) is 0. The fraction of sp³-hybridized carbons (Fsp3) is 0.233. The van der Waals surface area contributed by atoms with E-state index in [4.69, 9.17) is 4.74 Å². The van der Waals surface area contributed by atoms with Gasteiger partial charge in [-0.25, -0.2) is 4.39 Å². The normalized spacial score (nSPS) is 13.7. The predicted octanol–water partition coefficient (Wildman–Crippen LogP) is 5.87. The van der Waals surface area contributed by atoms with Gasteiger partial charge in [0.1, 0.15) is 11.6 Å². The molecule has 1 fully saturated rings. The summed E-state index contributed by atoms with van der Waals surface area (Å²) in [7, 11) is 1.62. The van der Waals surface area contributed by atoms with E-state index < -0.39 is 0 Å². The van der Waals surface area contributed by atoms with Crippen molar-refractivity contribution in [3.63, 3.8) is 0 Å². The summed E-state index contributed by atoms with van der Waals surface area (Å²) in [5.41, 5.74) is 5.83. The van der Waals surface area contributed by atoms with Crippen molar-refractivity contribution in [2.75, 3.05) is 38.2 Å². The fourth-order valence-corrected chi connectivity index (χ4v) is 4.98. The van der Waals surface area contributed by atoms with Crippen molar-refractivity contribution in [3.8, 4) is 22.7 Å². The van der Waals surface area contributed by atoms with Gasteiger partial charge in [0.25, 0.3) is 5.91 Å². The summed E-state index contributed by atoms with van der Waals surface area (Å²) in [6.07, 6.45) is 0. The second-order valence-electron chi connectivity index (χ2n) is 9.11. The van der Waals surface area contributed by atoms with Gasteiger partial charge in [0.05, 0.1) is 24.1 Å². The van der Waals surface area contributed by atoms with Gasteiger partial charge in [0.2, 0.25) is 0 Å². The molecule has 0 saturated carbocycles. The zero-order valence-electron chi connectivity index (χ0n) is 20.9. The molecule has 0 radical (unpaired) electrons. The Morgan fingerprint density at radius 2 is 1.47 bits per heavy atom. The highest BCUT2D eigenvalue weighted by Gasteiger charge is 2.27. The number of carbonyl (C=O) groups excluding carboxylic acids is 1. The number of piperazine rings is 1. The van der Waals surface area contributed by atoms with E-state index in [1.807, 2.05) is 58.9 Å². The van der Waals surface area contributed by atoms with Gasteiger partial charge in [-0.2, -0.15) is 0 Å². The average molecular weight is 484 g/mol. The van der Waals surface area contributed by atoms with E-state index in [1.54, 1.807) is 19.2 Å². The lowest BCUT2D eigenvalue weighted by molar-refractivity contribution is 0.0746. The number of carbonyl (C=O) groups is 1. The van der Waals surface area contributed by atoms with Crippen LogP contribution in [0.2, 0.25) is 0 Å². The molecule has 1 aromatic heterocycles. The number of hydrogen-bond acceptors (Lipinski definition) is 3. The molecular weight excluding hydrogens is 453 g/mol. The lowest BCUT2D eigenvalue weighted by atomic mass is 10.1. The molecule has 0 bridgehead atoms. The quantitative estimate of drug-likeness (QED) is 0.356. The van der Waals surface area contributed by atoms with Crippen molar-refractivity contribution in [2.45, 2.75) is 13.8 Å². The summed E-state index contributed by atoms with van der Waals surface area (Å²) in [6, 6.07) is 24.5. The number of halogens is 1. The minimum Gasteiger partial charge on any atom is -0.497 e. The standard InChI is InChI=1S/C30H30FN3O2/c1-21-8-4-6-10-27(21)32-16-18-33(19-17-32)30(35)25-20-29(23-12-14-24(36-3)15-13-23)34(22(25)2)28-11-7-5-9-26(28)31/h4-15,20H,16-19H2,1-3H3. The van der Waals surface area contributed by atoms with Crippen molar-refractivity contribution in [2.24, 2.45) is 0 Å². The highest BCUT2D eigenvalue weighted by Crippen LogP contribution is 2.32. The molecule has 2 heterocycles. The monoisotopic (exact) mass is 483 g/mol. The topological polar surface area (TPSA) is 37.7 Å². The first-order valence-electron chi connectivity index (χ1n) is 12.2. The molecule has 0 aliphatic carbocycles. The van der Waals surface area contributed by atoms with Crippen molar-refractivity contribution >= 4 is 11.6 Å². The third-order valence-electron chi connectivity index (χ3n) is 6.98. The van der Waals surface area contributed by atoms with Crippen LogP contribution in [0.25, 0.3) is 16.9 Å². The Hall–Kier alpha value is -4.06. The molecule has 6 heteroatoms. The molecule has 0 unspecified atom stereocenters. The summed E-state index contributed by atoms with van der Waals surface area (Å²) in [4.78, 5) is 18.0. The smallest absolute Gasteiger partial charge is 0.255 e. The highest BCUT2D eigenvalue weighted by molar-refractivity contribution is 5.97. The molecule has 5 nitrogen and oxygen atoms in total. The Kier molecular flexibility index (Phi) is 6.51. The lowest BCUT2D eigenvalue weighted by Crippen LogP contribution is -2.49. The molecular formula is C30H30FN3O2. The molecule has 5 rings (SSSR count). The van der Waals surface area contributed by atoms with Gasteiger partial charge in [0, 0.05) is 37.6 Å². The number of rotatable bonds is 5. The molecule has 4 aromatic rings. The first-order valence-corrected chi connectivity index (χ1v) is 12.2. The number of nitrogens with zero attached hydrogens (tertiary/aromatic N) is 3. The highest BCUT2D eigenvalue weighted by atomic mass is 19.1. The van der Waals surface area contributed by atoms with E-state index in [9.17, 15) is 9.18 Å². The zero-order chi connectivity index (χ0) is 25.2. The van der Waals surface area contributed by atoms with Gasteiger partial charge in [-0.1, -0.05) is 30.3 Å². The second kappa shape index (κ2) is 9.90. The maximum absolute atomic E-state index is 14.9. The first kappa shape index (κ1) is 23.7. The number of methoxy groups -OCH3 is 1. The van der Waals surface area contributed by atoms with Crippen LogP contribution < -0.4 is 9.64 Å². The first-order chi connectivity index (χ1) is 17.5. The van der Waals surface area contributed by atoms with E-state index >= 15 is 0 Å². The Morgan fingerprint density at radius 3 is 2.11 bits per heavy atom. The molecule has 1 aliphatic rings. The van der Waals surface area contributed by atoms with E-state index in [0.717, 1.165) is 35.8 Å². The second-order valence-corrected chi connectivity index (χ2v) is 9.11. The van der Waals surface area contributed by atoms with E-state index in [0.29, 0.717) is 24.3 Å². The maximum atomic E-state index is 14.9. The number of amides is 1. The van der Waals surface area contributed by atoms with Crippen molar-refractivity contribution in [1.82, 2.24) is 9.47 Å². The minimum absolute atomic E-state index is 0.0261. The molecule has 1 amide bonds. The largest absolute Gasteiger partial charge is 0.497 e. The number of hydrogen-bond donors (Lipinski definition) is 0. The lowest BCUT2D eigenvalue weighted by Gasteiger charge is -2.36. The van der Waals surface area contributed by atoms with Gasteiger partial charge in [-0.15, -0.1) is 0 Å². The van der Waals surface area contributed by atoms with Crippen LogP contribution in [0.5, 0.6) is 5.75 Å². The van der Waals surface area contributed by atoms with Crippen LogP contribution in [-0.2, 0) is 0 Å². The van der Waals surface area contributed by atoms with Crippen LogP contribution >= 0.6 is 0 Å². The maximum Gasteiger partial charge on any atom is 0.255 e. The minimum atomic E-state index is -0.336. The summed E-state index contributed by atoms with van der Waals surface area (Å²) >= 11 is 0. The summed E-state index contributed by atoms with van der Waals surface area (Å²) < 4.78 is 22.1. The third-order valence-corrected chi connectivity index (χ3v) is 6.98. The van der Waals surface area contributed by atoms with Crippen molar-refractivity contribution in [1.29, 1.82) is 0 Å². The van der Waals surface area contributed by atoms with Crippen molar-refractivity contribution < 1.29 is 13.9 Å². The van der Waals surface area contributed by atoms with Crippen LogP contribution in [0, 0.1) is 19.7 Å². The number of anilines is 1. The van der Waals surface area contributed by atoms with Gasteiger partial charge in [-0.3, -0.25) is 4.79 Å². The van der Waals surface area contributed by atoms with E-state index in [2.05, 4.69) is 30.0 Å². The number of aryl methyl sites for hydroxylation is 1. The van der Waals surface area contributed by atoms with Crippen LogP contribution in [0.15, 0.2) is 78.9 Å². The Labute approximate surface area is 211 Å². The number of aromatic nitrogens is 1. The Bertz CT molecular complexity index is 1390. The molecule has 0 spiro atoms. The van der Waals surface area contributed by atoms with Crippen molar-refractivity contribution in [3.05, 3.63) is 102 Å². The molecule has 36 heavy (non-hydrogen) atoms. The van der Waals surface area contributed by atoms with Crippen LogP contribution in [-0.4, -0.2) is 48.7 Å². The fourth-order valence-electron chi connectivity index (χ4n) is 4.98. The van der Waals surface area contributed by atoms with E-state index in [-0.39, 0.29) is 11.7 Å². The van der Waals surface area contributed by atoms with Crippen LogP contribution in [0.4, 0.5) is 10.1 Å².